The average molecular weight is 498 g/mol. The van der Waals surface area contributed by atoms with E-state index in [2.05, 4.69) is 23.6 Å². The Morgan fingerprint density at radius 1 is 1.17 bits per heavy atom. The molecule has 3 rings (SSSR count). The number of nitrogens with one attached hydrogen (secondary N) is 2. The molecule has 0 saturated carbocycles. The monoisotopic (exact) mass is 497 g/mol. The van der Waals surface area contributed by atoms with E-state index >= 15 is 0 Å². The molecule has 7 heteroatoms. The van der Waals surface area contributed by atoms with E-state index in [-0.39, 0.29) is 24.6 Å². The van der Waals surface area contributed by atoms with Crippen molar-refractivity contribution in [2.75, 3.05) is 33.3 Å². The van der Waals surface area contributed by atoms with Crippen LogP contribution in [-0.4, -0.2) is 60.5 Å². The van der Waals surface area contributed by atoms with Gasteiger partial charge in [-0.05, 0) is 70.2 Å². The van der Waals surface area contributed by atoms with Crippen molar-refractivity contribution in [3.8, 4) is 11.5 Å². The Bertz CT molecular complexity index is 969. The molecule has 0 aromatic heterocycles. The highest BCUT2D eigenvalue weighted by atomic mass is 16.5. The topological polar surface area (TPSA) is 94.1 Å². The van der Waals surface area contributed by atoms with Gasteiger partial charge in [0, 0.05) is 43.8 Å². The van der Waals surface area contributed by atoms with Gasteiger partial charge < -0.3 is 30.5 Å². The number of nitrogens with zero attached hydrogens (tertiary/aromatic N) is 1. The van der Waals surface area contributed by atoms with Gasteiger partial charge in [0.2, 0.25) is 0 Å². The van der Waals surface area contributed by atoms with Crippen molar-refractivity contribution in [3.05, 3.63) is 59.7 Å². The van der Waals surface area contributed by atoms with Crippen molar-refractivity contribution >= 4 is 6.03 Å². The summed E-state index contributed by atoms with van der Waals surface area (Å²) >= 11 is 0. The number of ether oxygens (including phenoxy) is 1. The molecule has 3 atom stereocenters. The molecule has 1 fully saturated rings. The van der Waals surface area contributed by atoms with Crippen LogP contribution in [0, 0.1) is 5.92 Å². The maximum atomic E-state index is 13.0. The zero-order valence-corrected chi connectivity index (χ0v) is 22.0. The number of rotatable bonds is 12. The molecule has 2 aromatic rings. The summed E-state index contributed by atoms with van der Waals surface area (Å²) in [5, 5.41) is 27.9. The van der Waals surface area contributed by atoms with Crippen molar-refractivity contribution in [2.45, 2.75) is 64.0 Å². The van der Waals surface area contributed by atoms with Gasteiger partial charge in [0.15, 0.2) is 0 Å². The largest absolute Gasteiger partial charge is 0.457 e. The number of carbonyl (C=O) groups excluding carboxylic acids is 1. The number of amides is 2. The van der Waals surface area contributed by atoms with Gasteiger partial charge in [0.05, 0.1) is 5.60 Å². The first-order chi connectivity index (χ1) is 17.4. The zero-order valence-electron chi connectivity index (χ0n) is 22.0. The molecule has 0 bridgehead atoms. The van der Waals surface area contributed by atoms with Gasteiger partial charge in [-0.25, -0.2) is 4.79 Å². The average Bonchev–Trinajstić information content (AvgIpc) is 2.89. The number of carbonyl (C=O) groups is 1. The van der Waals surface area contributed by atoms with E-state index in [0.29, 0.717) is 44.6 Å². The molecule has 1 heterocycles. The van der Waals surface area contributed by atoms with Gasteiger partial charge in [-0.3, -0.25) is 0 Å². The lowest BCUT2D eigenvalue weighted by molar-refractivity contribution is -0.0572. The molecular weight excluding hydrogens is 454 g/mol. The molecule has 36 heavy (non-hydrogen) atoms. The van der Waals surface area contributed by atoms with Crippen LogP contribution in [-0.2, 0) is 12.0 Å². The molecule has 1 saturated heterocycles. The van der Waals surface area contributed by atoms with Gasteiger partial charge in [0.25, 0.3) is 0 Å². The summed E-state index contributed by atoms with van der Waals surface area (Å²) in [7, 11) is 1.87. The molecule has 1 aliphatic heterocycles. The zero-order chi connectivity index (χ0) is 26.0. The van der Waals surface area contributed by atoms with E-state index in [0.717, 1.165) is 36.1 Å². The number of urea groups is 1. The summed E-state index contributed by atoms with van der Waals surface area (Å²) < 4.78 is 6.42. The number of hydrogen-bond donors (Lipinski definition) is 4. The molecule has 0 unspecified atom stereocenters. The Morgan fingerprint density at radius 3 is 2.61 bits per heavy atom. The van der Waals surface area contributed by atoms with Crippen LogP contribution >= 0.6 is 0 Å². The second kappa shape index (κ2) is 13.6. The number of aryl methyl sites for hydroxylation is 1. The number of aliphatic hydroxyl groups excluding tert-OH is 1. The summed E-state index contributed by atoms with van der Waals surface area (Å²) in [6, 6.07) is 15.6. The van der Waals surface area contributed by atoms with E-state index in [1.807, 2.05) is 61.3 Å². The number of unbranched alkanes of at least 4 members (excludes halogenated alkanes) is 1. The van der Waals surface area contributed by atoms with Crippen LogP contribution in [0.25, 0.3) is 0 Å². The third-order valence-corrected chi connectivity index (χ3v) is 7.16. The highest BCUT2D eigenvalue weighted by Gasteiger charge is 2.43. The molecule has 0 radical (unpaired) electrons. The summed E-state index contributed by atoms with van der Waals surface area (Å²) in [5.74, 6) is 1.27. The summed E-state index contributed by atoms with van der Waals surface area (Å²) in [4.78, 5) is 14.8. The SMILES string of the molecule is CCc1ccccc1Oc1ccccc1[C@](O)(CCCCO)[C@@H]1CCCN(C(=O)N[C@@H](C)CNC)C1. The lowest BCUT2D eigenvalue weighted by Gasteiger charge is -2.43. The Balaban J connectivity index is 1.90. The lowest BCUT2D eigenvalue weighted by Crippen LogP contribution is -2.53. The van der Waals surface area contributed by atoms with Crippen molar-refractivity contribution in [3.63, 3.8) is 0 Å². The number of aliphatic hydroxyl groups is 2. The highest BCUT2D eigenvalue weighted by molar-refractivity contribution is 5.74. The smallest absolute Gasteiger partial charge is 0.317 e. The van der Waals surface area contributed by atoms with E-state index < -0.39 is 5.60 Å². The number of benzene rings is 2. The minimum Gasteiger partial charge on any atom is -0.457 e. The van der Waals surface area contributed by atoms with Crippen LogP contribution in [0.4, 0.5) is 4.79 Å². The van der Waals surface area contributed by atoms with Crippen LogP contribution < -0.4 is 15.4 Å². The Morgan fingerprint density at radius 2 is 1.89 bits per heavy atom. The second-order valence-electron chi connectivity index (χ2n) is 9.86. The van der Waals surface area contributed by atoms with Gasteiger partial charge in [-0.15, -0.1) is 0 Å². The van der Waals surface area contributed by atoms with E-state index in [9.17, 15) is 15.0 Å². The van der Waals surface area contributed by atoms with Crippen LogP contribution in [0.5, 0.6) is 11.5 Å². The number of para-hydroxylation sites is 2. The molecule has 0 spiro atoms. The highest BCUT2D eigenvalue weighted by Crippen LogP contribution is 2.44. The van der Waals surface area contributed by atoms with Crippen LogP contribution in [0.1, 0.15) is 57.1 Å². The van der Waals surface area contributed by atoms with E-state index in [4.69, 9.17) is 4.74 Å². The molecule has 198 valence electrons. The van der Waals surface area contributed by atoms with Crippen molar-refractivity contribution in [1.82, 2.24) is 15.5 Å². The number of piperidine rings is 1. The predicted molar refractivity (Wildman–Crippen MR) is 143 cm³/mol. The predicted octanol–water partition coefficient (Wildman–Crippen LogP) is 4.42. The molecule has 7 nitrogen and oxygen atoms in total. The first kappa shape index (κ1) is 28.0. The standard InChI is InChI=1S/C29H43N3O4/c1-4-23-12-5-7-15-26(23)36-27-16-8-6-14-25(27)29(35,17-9-10-19-33)24-13-11-18-32(21-24)28(34)31-22(2)20-30-3/h5-8,12,14-16,22,24,30,33,35H,4,9-11,13,17-21H2,1-3H3,(H,31,34)/t22-,24+,29-/m0/s1. The Kier molecular flexibility index (Phi) is 10.6. The number of hydrogen-bond acceptors (Lipinski definition) is 5. The molecule has 0 aliphatic carbocycles. The molecule has 2 amide bonds. The summed E-state index contributed by atoms with van der Waals surface area (Å²) in [6.07, 6.45) is 4.25. The Hall–Kier alpha value is -2.61. The molecular formula is C29H43N3O4. The minimum absolute atomic E-state index is 0.0130. The third-order valence-electron chi connectivity index (χ3n) is 7.16. The van der Waals surface area contributed by atoms with Crippen molar-refractivity contribution in [2.24, 2.45) is 5.92 Å². The van der Waals surface area contributed by atoms with Gasteiger partial charge >= 0.3 is 6.03 Å². The van der Waals surface area contributed by atoms with Crippen LogP contribution in [0.3, 0.4) is 0 Å². The van der Waals surface area contributed by atoms with Crippen LogP contribution in [0.2, 0.25) is 0 Å². The molecule has 4 N–H and O–H groups in total. The normalized spacial score (nSPS) is 18.4. The summed E-state index contributed by atoms with van der Waals surface area (Å²) in [5.41, 5.74) is 0.652. The Labute approximate surface area is 215 Å². The first-order valence-electron chi connectivity index (χ1n) is 13.3. The number of likely N-dealkylation sites (tertiary alicyclic amines) is 1. The maximum absolute atomic E-state index is 13.0. The fourth-order valence-corrected chi connectivity index (χ4v) is 5.20. The van der Waals surface area contributed by atoms with Crippen molar-refractivity contribution < 1.29 is 19.7 Å². The van der Waals surface area contributed by atoms with Crippen LogP contribution in [0.15, 0.2) is 48.5 Å². The first-order valence-corrected chi connectivity index (χ1v) is 13.3. The van der Waals surface area contributed by atoms with Gasteiger partial charge in [-0.2, -0.15) is 0 Å². The lowest BCUT2D eigenvalue weighted by atomic mass is 9.73. The van der Waals surface area contributed by atoms with Gasteiger partial charge in [0.1, 0.15) is 11.5 Å². The van der Waals surface area contributed by atoms with E-state index in [1.54, 1.807) is 0 Å². The van der Waals surface area contributed by atoms with E-state index in [1.165, 1.54) is 0 Å². The minimum atomic E-state index is -1.19. The van der Waals surface area contributed by atoms with Crippen molar-refractivity contribution in [1.29, 1.82) is 0 Å². The summed E-state index contributed by atoms with van der Waals surface area (Å²) in [6.45, 7) is 5.98. The fraction of sp³-hybridized carbons (Fsp3) is 0.552. The second-order valence-corrected chi connectivity index (χ2v) is 9.86. The third kappa shape index (κ3) is 6.99. The fourth-order valence-electron chi connectivity index (χ4n) is 5.20. The quantitative estimate of drug-likeness (QED) is 0.326. The number of likely N-dealkylation sites (N-methyl/N-ethyl adjacent to an activating group) is 1. The maximum Gasteiger partial charge on any atom is 0.317 e. The molecule has 1 aliphatic rings. The van der Waals surface area contributed by atoms with Gasteiger partial charge in [-0.1, -0.05) is 43.3 Å². The molecule has 2 aromatic carbocycles.